The zero-order valence-electron chi connectivity index (χ0n) is 20.0. The van der Waals surface area contributed by atoms with Crippen LogP contribution in [0.1, 0.15) is 43.7 Å². The van der Waals surface area contributed by atoms with E-state index in [0.717, 1.165) is 35.1 Å². The Balaban J connectivity index is 1.68. The molecule has 1 saturated heterocycles. The second-order valence-corrected chi connectivity index (χ2v) is 10.6. The van der Waals surface area contributed by atoms with E-state index in [-0.39, 0.29) is 18.4 Å². The minimum Gasteiger partial charge on any atom is -0.481 e. The van der Waals surface area contributed by atoms with Crippen LogP contribution in [0.3, 0.4) is 0 Å². The number of nitrogens with two attached hydrogens (primary N) is 1. The van der Waals surface area contributed by atoms with E-state index in [4.69, 9.17) is 9.88 Å². The van der Waals surface area contributed by atoms with Gasteiger partial charge in [0.15, 0.2) is 0 Å². The summed E-state index contributed by atoms with van der Waals surface area (Å²) >= 11 is 0. The monoisotopic (exact) mass is 490 g/mol. The number of carbonyl (C=O) groups is 1. The molecule has 34 heavy (non-hydrogen) atoms. The molecule has 1 fully saturated rings. The van der Waals surface area contributed by atoms with Crippen LogP contribution in [0.5, 0.6) is 5.88 Å². The van der Waals surface area contributed by atoms with E-state index in [1.54, 1.807) is 6.20 Å². The van der Waals surface area contributed by atoms with Crippen LogP contribution < -0.4 is 9.88 Å². The summed E-state index contributed by atoms with van der Waals surface area (Å²) in [6.45, 7) is 5.92. The molecular weight excluding hydrogens is 456 g/mol. The van der Waals surface area contributed by atoms with Crippen LogP contribution in [-0.2, 0) is 21.4 Å². The number of aliphatic carboxylic acids is 1. The average molecular weight is 491 g/mol. The third kappa shape index (κ3) is 6.75. The highest BCUT2D eigenvalue weighted by atomic mass is 32.2. The molecule has 1 aromatic heterocycles. The maximum Gasteiger partial charge on any atom is 0.307 e. The van der Waals surface area contributed by atoms with Crippen LogP contribution >= 0.6 is 0 Å². The Labute approximate surface area is 201 Å². The summed E-state index contributed by atoms with van der Waals surface area (Å²) in [5.74, 6) is -0.212. The van der Waals surface area contributed by atoms with Crippen molar-refractivity contribution in [3.63, 3.8) is 0 Å². The summed E-state index contributed by atoms with van der Waals surface area (Å²) in [6, 6.07) is 9.61. The van der Waals surface area contributed by atoms with Gasteiger partial charge in [0.25, 0.3) is 10.2 Å². The molecule has 1 unspecified atom stereocenters. The molecule has 186 valence electrons. The van der Waals surface area contributed by atoms with Gasteiger partial charge in [-0.1, -0.05) is 32.0 Å². The highest BCUT2D eigenvalue weighted by Crippen LogP contribution is 2.32. The molecule has 0 amide bonds. The van der Waals surface area contributed by atoms with Crippen LogP contribution in [0.15, 0.2) is 36.5 Å². The summed E-state index contributed by atoms with van der Waals surface area (Å²) in [5, 5.41) is 14.7. The van der Waals surface area contributed by atoms with Crippen LogP contribution in [0, 0.1) is 0 Å². The van der Waals surface area contributed by atoms with E-state index in [9.17, 15) is 18.3 Å². The number of rotatable bonds is 10. The fourth-order valence-electron chi connectivity index (χ4n) is 4.41. The molecule has 2 heterocycles. The number of hydrogen-bond acceptors (Lipinski definition) is 6. The zero-order valence-corrected chi connectivity index (χ0v) is 20.8. The first-order chi connectivity index (χ1) is 16.1. The van der Waals surface area contributed by atoms with Gasteiger partial charge < -0.3 is 9.84 Å². The van der Waals surface area contributed by atoms with Crippen molar-refractivity contribution in [3.05, 3.63) is 47.7 Å². The Morgan fingerprint density at radius 3 is 2.79 bits per heavy atom. The van der Waals surface area contributed by atoms with E-state index in [2.05, 4.69) is 23.7 Å². The van der Waals surface area contributed by atoms with Crippen molar-refractivity contribution in [1.29, 1.82) is 0 Å². The van der Waals surface area contributed by atoms with E-state index >= 15 is 0 Å². The lowest BCUT2D eigenvalue weighted by molar-refractivity contribution is -0.136. The lowest BCUT2D eigenvalue weighted by Crippen LogP contribution is -2.51. The van der Waals surface area contributed by atoms with Gasteiger partial charge in [0, 0.05) is 37.9 Å². The molecule has 3 N–H and O–H groups in total. The predicted molar refractivity (Wildman–Crippen MR) is 131 cm³/mol. The van der Waals surface area contributed by atoms with Gasteiger partial charge in [-0.25, -0.2) is 10.1 Å². The first-order valence-electron chi connectivity index (χ1n) is 11.5. The second kappa shape index (κ2) is 11.3. The fraction of sp³-hybridized carbons (Fsp3) is 0.500. The normalized spacial score (nSPS) is 17.3. The van der Waals surface area contributed by atoms with E-state index in [1.165, 1.54) is 4.31 Å². The quantitative estimate of drug-likeness (QED) is 0.524. The second-order valence-electron chi connectivity index (χ2n) is 9.01. The van der Waals surface area contributed by atoms with Crippen molar-refractivity contribution in [1.82, 2.24) is 14.2 Å². The van der Waals surface area contributed by atoms with Gasteiger partial charge in [0.2, 0.25) is 5.88 Å². The smallest absolute Gasteiger partial charge is 0.307 e. The van der Waals surface area contributed by atoms with Gasteiger partial charge in [-0.05, 0) is 54.1 Å². The Morgan fingerprint density at radius 2 is 2.12 bits per heavy atom. The number of aromatic nitrogens is 1. The summed E-state index contributed by atoms with van der Waals surface area (Å²) < 4.78 is 30.5. The number of carboxylic acids is 1. The predicted octanol–water partition coefficient (Wildman–Crippen LogP) is 2.48. The van der Waals surface area contributed by atoms with Gasteiger partial charge in [0.1, 0.15) is 6.61 Å². The molecule has 0 saturated carbocycles. The molecule has 1 aliphatic rings. The van der Waals surface area contributed by atoms with Crippen LogP contribution in [-0.4, -0.2) is 73.0 Å². The van der Waals surface area contributed by atoms with Crippen molar-refractivity contribution in [2.24, 2.45) is 5.14 Å². The van der Waals surface area contributed by atoms with Crippen molar-refractivity contribution in [2.75, 3.05) is 33.3 Å². The summed E-state index contributed by atoms with van der Waals surface area (Å²) in [6.07, 6.45) is 3.27. The van der Waals surface area contributed by atoms with Gasteiger partial charge in [-0.2, -0.15) is 12.7 Å². The third-order valence-electron chi connectivity index (χ3n) is 6.24. The van der Waals surface area contributed by atoms with Gasteiger partial charge in [0.05, 0.1) is 6.42 Å². The molecule has 10 heteroatoms. The minimum absolute atomic E-state index is 0.0517. The molecule has 2 aromatic rings. The first kappa shape index (κ1) is 26.1. The topological polar surface area (TPSA) is 126 Å². The molecule has 0 spiro atoms. The number of benzene rings is 1. The highest BCUT2D eigenvalue weighted by Gasteiger charge is 2.28. The Hall–Kier alpha value is -2.53. The van der Waals surface area contributed by atoms with E-state index < -0.39 is 16.2 Å². The fourth-order valence-corrected chi connectivity index (χ4v) is 5.17. The molecule has 1 aromatic carbocycles. The minimum atomic E-state index is -3.68. The van der Waals surface area contributed by atoms with E-state index in [0.29, 0.717) is 32.1 Å². The van der Waals surface area contributed by atoms with Crippen molar-refractivity contribution >= 4 is 16.2 Å². The van der Waals surface area contributed by atoms with Crippen LogP contribution in [0.2, 0.25) is 0 Å². The number of carboxylic acid groups (broad SMARTS) is 1. The number of hydrogen-bond donors (Lipinski definition) is 2. The number of piperidine rings is 1. The Bertz CT molecular complexity index is 1110. The third-order valence-corrected chi connectivity index (χ3v) is 7.30. The lowest BCUT2D eigenvalue weighted by Gasteiger charge is -2.36. The average Bonchev–Trinajstić information content (AvgIpc) is 2.78. The summed E-state index contributed by atoms with van der Waals surface area (Å²) in [4.78, 5) is 17.9. The van der Waals surface area contributed by atoms with Crippen LogP contribution in [0.25, 0.3) is 11.1 Å². The number of pyridine rings is 1. The van der Waals surface area contributed by atoms with Gasteiger partial charge in [-0.15, -0.1) is 0 Å². The summed E-state index contributed by atoms with van der Waals surface area (Å²) in [5.41, 5.74) is 3.54. The largest absolute Gasteiger partial charge is 0.481 e. The number of likely N-dealkylation sites (N-methyl/N-ethyl adjacent to an activating group) is 1. The highest BCUT2D eigenvalue weighted by molar-refractivity contribution is 7.86. The molecule has 9 nitrogen and oxygen atoms in total. The zero-order chi connectivity index (χ0) is 24.9. The maximum atomic E-state index is 11.7. The van der Waals surface area contributed by atoms with E-state index in [1.807, 2.05) is 37.4 Å². The Kier molecular flexibility index (Phi) is 8.64. The molecule has 0 bridgehead atoms. The molecule has 1 aliphatic heterocycles. The van der Waals surface area contributed by atoms with Crippen LogP contribution in [0.4, 0.5) is 0 Å². The number of ether oxygens (including phenoxy) is 1. The first-order valence-corrected chi connectivity index (χ1v) is 13.0. The molecule has 1 atom stereocenters. The van der Waals surface area contributed by atoms with Crippen molar-refractivity contribution in [2.45, 2.75) is 45.1 Å². The van der Waals surface area contributed by atoms with Crippen molar-refractivity contribution in [3.8, 4) is 17.0 Å². The molecule has 0 radical (unpaired) electrons. The number of nitrogens with zero attached hydrogens (tertiary/aromatic N) is 3. The molecule has 3 rings (SSSR count). The van der Waals surface area contributed by atoms with Gasteiger partial charge in [-0.3, -0.25) is 9.69 Å². The SMILES string of the molecule is CC(C)c1cccc(-c2ccnc(OCCN(C)C3CCCN(S(N)(=O)=O)C3)c2)c1CC(=O)O. The van der Waals surface area contributed by atoms with Crippen molar-refractivity contribution < 1.29 is 23.1 Å². The summed E-state index contributed by atoms with van der Waals surface area (Å²) in [7, 11) is -1.73. The molecular formula is C24H34N4O5S. The lowest BCUT2D eigenvalue weighted by atomic mass is 9.89. The van der Waals surface area contributed by atoms with Gasteiger partial charge >= 0.3 is 5.97 Å². The Morgan fingerprint density at radius 1 is 1.35 bits per heavy atom. The molecule has 0 aliphatic carbocycles. The standard InChI is InChI=1S/C24H34N4O5S/c1-17(2)20-7-4-8-21(22(20)15-24(29)30)18-9-10-26-23(14-18)33-13-12-27(3)19-6-5-11-28(16-19)34(25,31)32/h4,7-10,14,17,19H,5-6,11-13,15-16H2,1-3H3,(H,29,30)(H2,25,31,32). The maximum absolute atomic E-state index is 11.7.